The number of rotatable bonds is 10. The Morgan fingerprint density at radius 2 is 1.89 bits per heavy atom. The highest BCUT2D eigenvalue weighted by Crippen LogP contribution is 2.12. The van der Waals surface area contributed by atoms with E-state index in [1.165, 1.54) is 0 Å². The van der Waals surface area contributed by atoms with Crippen molar-refractivity contribution < 1.29 is 0 Å². The number of nitrogens with one attached hydrogen (secondary N) is 3. The van der Waals surface area contributed by atoms with Crippen molar-refractivity contribution in [2.75, 3.05) is 25.0 Å². The van der Waals surface area contributed by atoms with Gasteiger partial charge in [0.1, 0.15) is 12.2 Å². The fraction of sp³-hybridized carbons (Fsp3) is 0.550. The Morgan fingerprint density at radius 3 is 2.54 bits per heavy atom. The number of nitrogens with zero attached hydrogens (tertiary/aromatic N) is 4. The number of hydrogen-bond donors (Lipinski definition) is 3. The summed E-state index contributed by atoms with van der Waals surface area (Å²) in [5, 5.41) is 18.4. The molecule has 0 bridgehead atoms. The van der Waals surface area contributed by atoms with E-state index in [-0.39, 0.29) is 30.0 Å². The fourth-order valence-electron chi connectivity index (χ4n) is 2.74. The average Bonchev–Trinajstić information content (AvgIpc) is 3.13. The Bertz CT molecular complexity index is 685. The molecule has 0 saturated carbocycles. The van der Waals surface area contributed by atoms with Crippen LogP contribution in [0.5, 0.6) is 0 Å². The van der Waals surface area contributed by atoms with Crippen LogP contribution in [-0.2, 0) is 13.0 Å². The topological polar surface area (TPSA) is 79.2 Å². The van der Waals surface area contributed by atoms with Gasteiger partial charge in [-0.05, 0) is 25.0 Å². The van der Waals surface area contributed by atoms with Crippen molar-refractivity contribution in [3.8, 4) is 0 Å². The second-order valence-electron chi connectivity index (χ2n) is 6.80. The molecule has 0 radical (unpaired) electrons. The van der Waals surface area contributed by atoms with E-state index in [4.69, 9.17) is 4.99 Å². The lowest BCUT2D eigenvalue weighted by Gasteiger charge is -2.22. The fourth-order valence-corrected chi connectivity index (χ4v) is 2.74. The van der Waals surface area contributed by atoms with E-state index in [0.717, 1.165) is 43.5 Å². The average molecular weight is 499 g/mol. The molecule has 0 aliphatic carbocycles. The van der Waals surface area contributed by atoms with Gasteiger partial charge in [0.25, 0.3) is 0 Å². The molecule has 2 aromatic rings. The van der Waals surface area contributed by atoms with Crippen LogP contribution in [0.1, 0.15) is 33.5 Å². The van der Waals surface area contributed by atoms with Crippen LogP contribution < -0.4 is 16.0 Å². The van der Waals surface area contributed by atoms with Crippen molar-refractivity contribution in [3.05, 3.63) is 42.5 Å². The predicted molar refractivity (Wildman–Crippen MR) is 127 cm³/mol. The summed E-state index contributed by atoms with van der Waals surface area (Å²) in [7, 11) is 0. The number of benzene rings is 1. The quantitative estimate of drug-likeness (QED) is 0.266. The number of para-hydroxylation sites is 1. The van der Waals surface area contributed by atoms with Crippen molar-refractivity contribution in [1.82, 2.24) is 25.4 Å². The molecule has 2 rings (SSSR count). The zero-order chi connectivity index (χ0) is 19.5. The number of aliphatic imine (C=N–C) groups is 1. The van der Waals surface area contributed by atoms with Gasteiger partial charge in [-0.2, -0.15) is 0 Å². The molecule has 1 atom stereocenters. The molecular weight excluding hydrogens is 465 g/mol. The third-order valence-corrected chi connectivity index (χ3v) is 4.38. The molecule has 1 aromatic heterocycles. The van der Waals surface area contributed by atoms with Gasteiger partial charge in [0.2, 0.25) is 0 Å². The van der Waals surface area contributed by atoms with Gasteiger partial charge in [-0.25, -0.2) is 0 Å². The van der Waals surface area contributed by atoms with Crippen molar-refractivity contribution in [1.29, 1.82) is 0 Å². The molecule has 7 nitrogen and oxygen atoms in total. The molecule has 1 aromatic carbocycles. The summed E-state index contributed by atoms with van der Waals surface area (Å²) in [5.41, 5.74) is 1.13. The lowest BCUT2D eigenvalue weighted by atomic mass is 10.0. The lowest BCUT2D eigenvalue weighted by molar-refractivity contribution is 0.530. The summed E-state index contributed by atoms with van der Waals surface area (Å²) in [5.74, 6) is 2.32. The van der Waals surface area contributed by atoms with Gasteiger partial charge in [0, 0.05) is 37.8 Å². The maximum absolute atomic E-state index is 4.78. The molecule has 156 valence electrons. The van der Waals surface area contributed by atoms with E-state index in [0.29, 0.717) is 12.5 Å². The third-order valence-electron chi connectivity index (χ3n) is 4.38. The minimum absolute atomic E-state index is 0. The van der Waals surface area contributed by atoms with Crippen molar-refractivity contribution >= 4 is 35.6 Å². The highest BCUT2D eigenvalue weighted by molar-refractivity contribution is 14.0. The summed E-state index contributed by atoms with van der Waals surface area (Å²) in [6.07, 6.45) is 2.67. The van der Waals surface area contributed by atoms with Crippen LogP contribution in [0.25, 0.3) is 0 Å². The number of hydrogen-bond acceptors (Lipinski definition) is 4. The molecule has 8 heteroatoms. The standard InChI is InChI=1S/C20H33N7.HI/c1-5-19-26-24-15-27(19)13-12-22-20(21-6-2)23-14-18(16(3)4)25-17-10-8-7-9-11-17;/h7-11,15-16,18,25H,5-6,12-14H2,1-4H3,(H2,21,22,23);1H. The molecule has 0 aliphatic rings. The van der Waals surface area contributed by atoms with Crippen LogP contribution in [0.4, 0.5) is 5.69 Å². The maximum atomic E-state index is 4.78. The van der Waals surface area contributed by atoms with E-state index < -0.39 is 0 Å². The Balaban J connectivity index is 0.00000392. The smallest absolute Gasteiger partial charge is 0.191 e. The van der Waals surface area contributed by atoms with Crippen LogP contribution in [-0.4, -0.2) is 46.4 Å². The van der Waals surface area contributed by atoms with Gasteiger partial charge < -0.3 is 20.5 Å². The summed E-state index contributed by atoms with van der Waals surface area (Å²) in [6.45, 7) is 11.7. The zero-order valence-corrected chi connectivity index (χ0v) is 19.7. The maximum Gasteiger partial charge on any atom is 0.191 e. The second-order valence-corrected chi connectivity index (χ2v) is 6.80. The van der Waals surface area contributed by atoms with Crippen LogP contribution in [0, 0.1) is 5.92 Å². The zero-order valence-electron chi connectivity index (χ0n) is 17.4. The molecule has 3 N–H and O–H groups in total. The molecule has 0 spiro atoms. The van der Waals surface area contributed by atoms with Crippen molar-refractivity contribution in [2.45, 2.75) is 46.7 Å². The monoisotopic (exact) mass is 499 g/mol. The number of anilines is 1. The molecular formula is C20H34IN7. The molecule has 0 amide bonds. The van der Waals surface area contributed by atoms with Gasteiger partial charge in [-0.1, -0.05) is 39.0 Å². The van der Waals surface area contributed by atoms with Crippen LogP contribution >= 0.6 is 24.0 Å². The minimum Gasteiger partial charge on any atom is -0.380 e. The molecule has 1 unspecified atom stereocenters. The normalized spacial score (nSPS) is 12.4. The first-order chi connectivity index (χ1) is 13.1. The Hall–Kier alpha value is -1.84. The first-order valence-electron chi connectivity index (χ1n) is 9.84. The number of aryl methyl sites for hydroxylation is 1. The Morgan fingerprint density at radius 1 is 1.14 bits per heavy atom. The Kier molecular flexibility index (Phi) is 11.5. The first kappa shape index (κ1) is 24.2. The van der Waals surface area contributed by atoms with Crippen LogP contribution in [0.3, 0.4) is 0 Å². The predicted octanol–water partition coefficient (Wildman–Crippen LogP) is 3.15. The van der Waals surface area contributed by atoms with Gasteiger partial charge >= 0.3 is 0 Å². The summed E-state index contributed by atoms with van der Waals surface area (Å²) in [6, 6.07) is 10.6. The van der Waals surface area contributed by atoms with E-state index in [1.807, 2.05) is 18.2 Å². The van der Waals surface area contributed by atoms with Crippen molar-refractivity contribution in [2.24, 2.45) is 10.9 Å². The van der Waals surface area contributed by atoms with Crippen molar-refractivity contribution in [3.63, 3.8) is 0 Å². The van der Waals surface area contributed by atoms with E-state index >= 15 is 0 Å². The molecule has 0 aliphatic heterocycles. The van der Waals surface area contributed by atoms with Gasteiger partial charge in [-0.3, -0.25) is 4.99 Å². The molecule has 28 heavy (non-hydrogen) atoms. The lowest BCUT2D eigenvalue weighted by Crippen LogP contribution is -2.40. The first-order valence-corrected chi connectivity index (χ1v) is 9.84. The summed E-state index contributed by atoms with van der Waals surface area (Å²) < 4.78 is 2.07. The number of halogens is 1. The van der Waals surface area contributed by atoms with Gasteiger partial charge in [0.05, 0.1) is 6.54 Å². The van der Waals surface area contributed by atoms with Gasteiger partial charge in [-0.15, -0.1) is 34.2 Å². The minimum atomic E-state index is 0. The van der Waals surface area contributed by atoms with Crippen LogP contribution in [0.15, 0.2) is 41.7 Å². The highest BCUT2D eigenvalue weighted by atomic mass is 127. The Labute approximate surface area is 185 Å². The van der Waals surface area contributed by atoms with E-state index in [1.54, 1.807) is 6.33 Å². The molecule has 0 saturated heterocycles. The van der Waals surface area contributed by atoms with E-state index in [9.17, 15) is 0 Å². The van der Waals surface area contributed by atoms with Crippen LogP contribution in [0.2, 0.25) is 0 Å². The SMILES string of the molecule is CCNC(=NCC(Nc1ccccc1)C(C)C)NCCn1cnnc1CC.I. The number of aromatic nitrogens is 3. The largest absolute Gasteiger partial charge is 0.380 e. The second kappa shape index (κ2) is 13.4. The van der Waals surface area contributed by atoms with E-state index in [2.05, 4.69) is 70.5 Å². The molecule has 1 heterocycles. The third kappa shape index (κ3) is 8.04. The number of guanidine groups is 1. The van der Waals surface area contributed by atoms with Gasteiger partial charge in [0.15, 0.2) is 5.96 Å². The summed E-state index contributed by atoms with van der Waals surface area (Å²) in [4.78, 5) is 4.78. The summed E-state index contributed by atoms with van der Waals surface area (Å²) >= 11 is 0. The highest BCUT2D eigenvalue weighted by Gasteiger charge is 2.13. The molecule has 0 fully saturated rings.